The third-order valence-corrected chi connectivity index (χ3v) is 3.90. The molecular formula is C12H7Cl2N3O3S. The average Bonchev–Trinajstić information content (AvgIpc) is 3.06. The van der Waals surface area contributed by atoms with Gasteiger partial charge < -0.3 is 14.8 Å². The lowest BCUT2D eigenvalue weighted by atomic mass is 10.2. The molecule has 2 heterocycles. The van der Waals surface area contributed by atoms with Gasteiger partial charge in [-0.2, -0.15) is 8.73 Å². The molecule has 0 saturated carbocycles. The number of nitrogens with zero attached hydrogens (tertiary/aromatic N) is 2. The molecule has 0 bridgehead atoms. The summed E-state index contributed by atoms with van der Waals surface area (Å²) in [4.78, 5) is 10.8. The average molecular weight is 344 g/mol. The van der Waals surface area contributed by atoms with Gasteiger partial charge in [0.15, 0.2) is 0 Å². The molecule has 9 heteroatoms. The Kier molecular flexibility index (Phi) is 3.71. The van der Waals surface area contributed by atoms with Crippen LogP contribution in [0, 0.1) is 0 Å². The number of carbonyl (C=O) groups is 1. The highest BCUT2D eigenvalue weighted by atomic mass is 35.5. The summed E-state index contributed by atoms with van der Waals surface area (Å²) in [6.07, 6.45) is 1.18. The topological polar surface area (TPSA) is 87.2 Å². The van der Waals surface area contributed by atoms with Crippen LogP contribution in [-0.4, -0.2) is 11.1 Å². The molecule has 2 N–H and O–H groups in total. The highest BCUT2D eigenvalue weighted by molar-refractivity contribution is 7.58. The molecular weight excluding hydrogens is 337 g/mol. The van der Waals surface area contributed by atoms with Crippen molar-refractivity contribution in [2.45, 2.75) is 6.54 Å². The monoisotopic (exact) mass is 343 g/mol. The molecule has 0 radical (unpaired) electrons. The van der Waals surface area contributed by atoms with Crippen LogP contribution in [0.5, 0.6) is 0 Å². The summed E-state index contributed by atoms with van der Waals surface area (Å²) >= 11 is 13.2. The maximum absolute atomic E-state index is 10.8. The number of carboxylic acids is 1. The van der Waals surface area contributed by atoms with E-state index in [1.165, 1.54) is 12.3 Å². The van der Waals surface area contributed by atoms with Crippen LogP contribution in [0.15, 0.2) is 31.5 Å². The summed E-state index contributed by atoms with van der Waals surface area (Å²) in [5.74, 6) is -0.574. The Morgan fingerprint density at radius 3 is 2.76 bits per heavy atom. The van der Waals surface area contributed by atoms with Gasteiger partial charge >= 0.3 is 5.97 Å². The molecule has 1 aliphatic heterocycles. The number of furan rings is 1. The minimum absolute atomic E-state index is 0.0921. The Balaban J connectivity index is 1.84. The van der Waals surface area contributed by atoms with Gasteiger partial charge in [0.2, 0.25) is 0 Å². The summed E-state index contributed by atoms with van der Waals surface area (Å²) < 4.78 is 13.4. The van der Waals surface area contributed by atoms with E-state index in [0.29, 0.717) is 32.9 Å². The van der Waals surface area contributed by atoms with Crippen LogP contribution in [0.1, 0.15) is 16.1 Å². The largest absolute Gasteiger partial charge is 0.478 e. The predicted octanol–water partition coefficient (Wildman–Crippen LogP) is 4.62. The van der Waals surface area contributed by atoms with Crippen LogP contribution < -0.4 is 5.32 Å². The van der Waals surface area contributed by atoms with Gasteiger partial charge in [-0.15, -0.1) is 0 Å². The molecule has 21 heavy (non-hydrogen) atoms. The fourth-order valence-electron chi connectivity index (χ4n) is 1.80. The molecule has 0 amide bonds. The summed E-state index contributed by atoms with van der Waals surface area (Å²) in [6, 6.07) is 3.02. The molecule has 3 rings (SSSR count). The minimum atomic E-state index is -1.04. The number of anilines is 1. The lowest BCUT2D eigenvalue weighted by Gasteiger charge is -2.10. The number of nitrogens with one attached hydrogen (secondary N) is 1. The molecule has 1 aliphatic rings. The zero-order valence-electron chi connectivity index (χ0n) is 10.3. The van der Waals surface area contributed by atoms with Gasteiger partial charge in [-0.05, 0) is 12.1 Å². The van der Waals surface area contributed by atoms with E-state index in [-0.39, 0.29) is 12.1 Å². The standard InChI is InChI=1S/C12H7Cl2N3O3S/c13-7-2-8(14)10-11(17-21-16-10)9(7)15-3-6-1-5(4-20-6)12(18)19/h1-2,4,15H,3H2,(H,18,19). The van der Waals surface area contributed by atoms with Gasteiger partial charge in [-0.25, -0.2) is 4.79 Å². The van der Waals surface area contributed by atoms with Gasteiger partial charge in [-0.3, -0.25) is 0 Å². The van der Waals surface area contributed by atoms with E-state index >= 15 is 0 Å². The lowest BCUT2D eigenvalue weighted by Crippen LogP contribution is -1.99. The van der Waals surface area contributed by atoms with E-state index in [9.17, 15) is 4.79 Å². The third-order valence-electron chi connectivity index (χ3n) is 2.78. The van der Waals surface area contributed by atoms with Gasteiger partial charge in [0.1, 0.15) is 23.4 Å². The van der Waals surface area contributed by atoms with E-state index in [0.717, 1.165) is 11.4 Å². The van der Waals surface area contributed by atoms with Gasteiger partial charge in [0, 0.05) is 0 Å². The summed E-state index contributed by atoms with van der Waals surface area (Å²) in [7, 11) is 0. The van der Waals surface area contributed by atoms with Gasteiger partial charge in [-0.1, -0.05) is 23.2 Å². The second-order valence-corrected chi connectivity index (χ2v) is 5.48. The number of halogens is 2. The van der Waals surface area contributed by atoms with Crippen molar-refractivity contribution in [3.63, 3.8) is 0 Å². The number of aromatic carboxylic acids is 1. The molecule has 0 fully saturated rings. The molecule has 0 atom stereocenters. The molecule has 6 nitrogen and oxygen atoms in total. The second kappa shape index (κ2) is 5.51. The number of fused-ring (bicyclic) bond motifs is 1. The fraction of sp³-hybridized carbons (Fsp3) is 0.0833. The summed E-state index contributed by atoms with van der Waals surface area (Å²) in [6.45, 7) is 0.265. The van der Waals surface area contributed by atoms with Crippen molar-refractivity contribution in [2.75, 3.05) is 5.32 Å². The van der Waals surface area contributed by atoms with Crippen molar-refractivity contribution in [2.24, 2.45) is 8.73 Å². The summed E-state index contributed by atoms with van der Waals surface area (Å²) in [5, 5.41) is 12.7. The first-order chi connectivity index (χ1) is 10.1. The van der Waals surface area contributed by atoms with Crippen molar-refractivity contribution in [1.29, 1.82) is 0 Å². The highest BCUT2D eigenvalue weighted by Crippen LogP contribution is 2.47. The van der Waals surface area contributed by atoms with Crippen molar-refractivity contribution in [3.8, 4) is 0 Å². The van der Waals surface area contributed by atoms with Crippen molar-refractivity contribution in [1.82, 2.24) is 0 Å². The maximum Gasteiger partial charge on any atom is 0.338 e. The SMILES string of the molecule is O=C(O)c1coc(CNc2c(Cl)cc(Cl)c3c2N=S=N3)c1. The normalized spacial score (nSPS) is 12.1. The van der Waals surface area contributed by atoms with Crippen LogP contribution >= 0.6 is 23.2 Å². The fourth-order valence-corrected chi connectivity index (χ4v) is 2.98. The van der Waals surface area contributed by atoms with E-state index in [2.05, 4.69) is 14.0 Å². The maximum atomic E-state index is 10.8. The smallest absolute Gasteiger partial charge is 0.338 e. The Morgan fingerprint density at radius 1 is 1.29 bits per heavy atom. The van der Waals surface area contributed by atoms with Crippen molar-refractivity contribution < 1.29 is 14.3 Å². The number of carboxylic acid groups (broad SMARTS) is 1. The first-order valence-corrected chi connectivity index (χ1v) is 7.19. The quantitative estimate of drug-likeness (QED) is 0.723. The minimum Gasteiger partial charge on any atom is -0.478 e. The lowest BCUT2D eigenvalue weighted by molar-refractivity contribution is 0.0696. The first kappa shape index (κ1) is 14.1. The Labute approximate surface area is 132 Å². The number of hydrogen-bond donors (Lipinski definition) is 2. The van der Waals surface area contributed by atoms with E-state index in [1.54, 1.807) is 6.07 Å². The van der Waals surface area contributed by atoms with Crippen LogP contribution in [0.4, 0.5) is 17.1 Å². The van der Waals surface area contributed by atoms with E-state index in [4.69, 9.17) is 32.7 Å². The zero-order valence-corrected chi connectivity index (χ0v) is 12.6. The molecule has 0 spiro atoms. The number of benzene rings is 1. The van der Waals surface area contributed by atoms with Crippen LogP contribution in [-0.2, 0) is 17.9 Å². The second-order valence-electron chi connectivity index (χ2n) is 4.14. The molecule has 0 saturated heterocycles. The van der Waals surface area contributed by atoms with Crippen LogP contribution in [0.25, 0.3) is 0 Å². The van der Waals surface area contributed by atoms with Gasteiger partial charge in [0.25, 0.3) is 0 Å². The predicted molar refractivity (Wildman–Crippen MR) is 81.0 cm³/mol. The Morgan fingerprint density at radius 2 is 2.05 bits per heavy atom. The van der Waals surface area contributed by atoms with Crippen molar-refractivity contribution in [3.05, 3.63) is 39.8 Å². The molecule has 0 aliphatic carbocycles. The molecule has 1 aromatic heterocycles. The molecule has 1 aromatic carbocycles. The highest BCUT2D eigenvalue weighted by Gasteiger charge is 2.19. The summed E-state index contributed by atoms with van der Waals surface area (Å²) in [5.41, 5.74) is 1.81. The van der Waals surface area contributed by atoms with E-state index < -0.39 is 5.97 Å². The Bertz CT molecular complexity index is 812. The van der Waals surface area contributed by atoms with Gasteiger partial charge in [0.05, 0.1) is 39.2 Å². The van der Waals surface area contributed by atoms with Crippen LogP contribution in [0.3, 0.4) is 0 Å². The van der Waals surface area contributed by atoms with E-state index in [1.807, 2.05) is 0 Å². The Hall–Kier alpha value is -1.83. The zero-order chi connectivity index (χ0) is 15.0. The van der Waals surface area contributed by atoms with Crippen LogP contribution in [0.2, 0.25) is 10.0 Å². The molecule has 0 unspecified atom stereocenters. The molecule has 2 aromatic rings. The third kappa shape index (κ3) is 2.67. The first-order valence-electron chi connectivity index (χ1n) is 5.71. The number of hydrogen-bond acceptors (Lipinski definition) is 5. The van der Waals surface area contributed by atoms with Crippen molar-refractivity contribution >= 4 is 57.6 Å². The molecule has 108 valence electrons. The number of rotatable bonds is 4.